The zero-order chi connectivity index (χ0) is 31.4. The van der Waals surface area contributed by atoms with Crippen molar-refractivity contribution in [3.63, 3.8) is 0 Å². The highest BCUT2D eigenvalue weighted by Crippen LogP contribution is 2.36. The fraction of sp³-hybridized carbons (Fsp3) is 0.353. The molecule has 44 heavy (non-hydrogen) atoms. The number of aromatic nitrogens is 3. The summed E-state index contributed by atoms with van der Waals surface area (Å²) in [6.45, 7) is 9.95. The van der Waals surface area contributed by atoms with Gasteiger partial charge in [-0.3, -0.25) is 10.1 Å². The van der Waals surface area contributed by atoms with Crippen LogP contribution in [0.2, 0.25) is 5.15 Å². The predicted molar refractivity (Wildman–Crippen MR) is 175 cm³/mol. The summed E-state index contributed by atoms with van der Waals surface area (Å²) in [6.07, 6.45) is 1.70. The van der Waals surface area contributed by atoms with Gasteiger partial charge in [0.25, 0.3) is 0 Å². The van der Waals surface area contributed by atoms with Gasteiger partial charge in [-0.25, -0.2) is 14.5 Å². The van der Waals surface area contributed by atoms with Crippen molar-refractivity contribution < 1.29 is 14.3 Å². The number of methoxy groups -OCH3 is 1. The van der Waals surface area contributed by atoms with Crippen LogP contribution in [-0.4, -0.2) is 46.8 Å². The Labute approximate surface area is 263 Å². The van der Waals surface area contributed by atoms with Crippen LogP contribution >= 0.6 is 11.6 Å². The molecule has 0 saturated carbocycles. The van der Waals surface area contributed by atoms with Crippen molar-refractivity contribution in [2.24, 2.45) is 5.92 Å². The number of amides is 2. The number of pyridine rings is 1. The molecule has 1 unspecified atom stereocenters. The highest BCUT2D eigenvalue weighted by molar-refractivity contribution is 6.29. The molecule has 4 aromatic rings. The number of ether oxygens (including phenoxy) is 1. The van der Waals surface area contributed by atoms with Crippen LogP contribution in [0.15, 0.2) is 66.7 Å². The van der Waals surface area contributed by atoms with Gasteiger partial charge in [-0.1, -0.05) is 62.2 Å². The van der Waals surface area contributed by atoms with Crippen molar-refractivity contribution in [1.82, 2.24) is 20.1 Å². The number of ketones is 1. The highest BCUT2D eigenvalue weighted by Gasteiger charge is 2.32. The number of aryl methyl sites for hydroxylation is 1. The number of carbonyl (C=O) groups is 2. The van der Waals surface area contributed by atoms with Gasteiger partial charge in [-0.15, -0.1) is 0 Å². The zero-order valence-corrected chi connectivity index (χ0v) is 26.5. The summed E-state index contributed by atoms with van der Waals surface area (Å²) < 4.78 is 7.02. The Hall–Kier alpha value is -4.21. The van der Waals surface area contributed by atoms with E-state index >= 15 is 0 Å². The fourth-order valence-electron chi connectivity index (χ4n) is 5.52. The maximum absolute atomic E-state index is 14.0. The number of halogens is 1. The van der Waals surface area contributed by atoms with E-state index in [2.05, 4.69) is 41.7 Å². The van der Waals surface area contributed by atoms with Crippen LogP contribution in [0.1, 0.15) is 66.7 Å². The Morgan fingerprint density at radius 1 is 1.02 bits per heavy atom. The summed E-state index contributed by atoms with van der Waals surface area (Å²) >= 11 is 6.23. The number of nitrogens with one attached hydrogen (secondary N) is 3. The first-order valence-corrected chi connectivity index (χ1v) is 15.2. The molecule has 0 radical (unpaired) electrons. The molecule has 3 N–H and O–H groups in total. The van der Waals surface area contributed by atoms with Gasteiger partial charge in [0, 0.05) is 28.8 Å². The summed E-state index contributed by atoms with van der Waals surface area (Å²) in [6, 6.07) is 20.2. The molecule has 1 aliphatic rings. The van der Waals surface area contributed by atoms with Crippen molar-refractivity contribution in [2.45, 2.75) is 51.9 Å². The lowest BCUT2D eigenvalue weighted by atomic mass is 9.76. The highest BCUT2D eigenvalue weighted by atomic mass is 35.5. The molecule has 2 amide bonds. The van der Waals surface area contributed by atoms with E-state index in [9.17, 15) is 9.59 Å². The second-order valence-electron chi connectivity index (χ2n) is 12.3. The quantitative estimate of drug-likeness (QED) is 0.144. The van der Waals surface area contributed by atoms with Gasteiger partial charge in [-0.05, 0) is 74.7 Å². The Morgan fingerprint density at radius 2 is 1.75 bits per heavy atom. The molecule has 0 aliphatic carbocycles. The standard InChI is InChI=1S/C34H39ClN6O3/c1-21-9-11-26(12-10-21)41-29(20-27(40-41)34(2,3)4)39-33(43)37-25-8-6-7-23(17-25)31(22-13-15-36-16-14-22)32(42)24-18-28(35)38-30(19-24)44-5/h6-12,17-20,22,31,36H,13-16H2,1-5H3,(H2,37,39,43). The SMILES string of the molecule is COc1cc(C(=O)C(c2cccc(NC(=O)Nc3cc(C(C)(C)C)nn3-c3ccc(C)cc3)c2)C2CCNCC2)cc(Cl)n1. The van der Waals surface area contributed by atoms with Gasteiger partial charge in [-0.2, -0.15) is 5.10 Å². The van der Waals surface area contributed by atoms with Crippen LogP contribution in [0.5, 0.6) is 5.88 Å². The molecule has 10 heteroatoms. The lowest BCUT2D eigenvalue weighted by Crippen LogP contribution is -2.33. The summed E-state index contributed by atoms with van der Waals surface area (Å²) in [7, 11) is 1.50. The van der Waals surface area contributed by atoms with E-state index in [1.165, 1.54) is 7.11 Å². The Balaban J connectivity index is 1.42. The average Bonchev–Trinajstić information content (AvgIpc) is 3.42. The smallest absolute Gasteiger partial charge is 0.324 e. The van der Waals surface area contributed by atoms with Crippen molar-refractivity contribution in [1.29, 1.82) is 0 Å². The molecule has 1 saturated heterocycles. The molecule has 0 spiro atoms. The van der Waals surface area contributed by atoms with Crippen molar-refractivity contribution in [3.05, 3.63) is 94.3 Å². The lowest BCUT2D eigenvalue weighted by Gasteiger charge is -2.30. The number of benzene rings is 2. The first-order chi connectivity index (χ1) is 21.0. The molecule has 9 nitrogen and oxygen atoms in total. The first kappa shape index (κ1) is 31.2. The second-order valence-corrected chi connectivity index (χ2v) is 12.7. The van der Waals surface area contributed by atoms with E-state index in [0.29, 0.717) is 17.1 Å². The Kier molecular flexibility index (Phi) is 9.36. The largest absolute Gasteiger partial charge is 0.481 e. The van der Waals surface area contributed by atoms with E-state index in [1.54, 1.807) is 16.8 Å². The molecule has 1 aliphatic heterocycles. The van der Waals surface area contributed by atoms with Gasteiger partial charge < -0.3 is 15.4 Å². The van der Waals surface area contributed by atoms with Crippen LogP contribution in [0.3, 0.4) is 0 Å². The van der Waals surface area contributed by atoms with Gasteiger partial charge in [0.05, 0.1) is 24.4 Å². The van der Waals surface area contributed by atoms with Crippen molar-refractivity contribution in [3.8, 4) is 11.6 Å². The average molecular weight is 615 g/mol. The first-order valence-electron chi connectivity index (χ1n) is 14.8. The Bertz CT molecular complexity index is 1640. The minimum atomic E-state index is -0.428. The van der Waals surface area contributed by atoms with Crippen LogP contribution in [-0.2, 0) is 5.41 Å². The van der Waals surface area contributed by atoms with E-state index in [4.69, 9.17) is 21.4 Å². The third-order valence-corrected chi connectivity index (χ3v) is 8.10. The summed E-state index contributed by atoms with van der Waals surface area (Å²) in [4.78, 5) is 31.5. The van der Waals surface area contributed by atoms with Crippen molar-refractivity contribution >= 4 is 34.9 Å². The number of rotatable bonds is 8. The van der Waals surface area contributed by atoms with Crippen LogP contribution < -0.4 is 20.7 Å². The Morgan fingerprint density at radius 3 is 2.43 bits per heavy atom. The number of hydrogen-bond acceptors (Lipinski definition) is 6. The molecular weight excluding hydrogens is 576 g/mol. The molecule has 2 aromatic heterocycles. The normalized spacial score (nSPS) is 14.6. The van der Waals surface area contributed by atoms with E-state index < -0.39 is 11.9 Å². The van der Waals surface area contributed by atoms with Gasteiger partial charge in [0.1, 0.15) is 11.0 Å². The maximum Gasteiger partial charge on any atom is 0.324 e. The molecule has 1 atom stereocenters. The van der Waals surface area contributed by atoms with Crippen LogP contribution in [0.4, 0.5) is 16.3 Å². The lowest BCUT2D eigenvalue weighted by molar-refractivity contribution is 0.0915. The number of hydrogen-bond donors (Lipinski definition) is 3. The van der Waals surface area contributed by atoms with E-state index in [-0.39, 0.29) is 28.1 Å². The van der Waals surface area contributed by atoms with Crippen molar-refractivity contribution in [2.75, 3.05) is 30.8 Å². The second kappa shape index (κ2) is 13.2. The number of carbonyl (C=O) groups excluding carboxylic acids is 2. The van der Waals surface area contributed by atoms with Crippen LogP contribution in [0, 0.1) is 12.8 Å². The van der Waals surface area contributed by atoms with E-state index in [0.717, 1.165) is 48.4 Å². The fourth-order valence-corrected chi connectivity index (χ4v) is 5.72. The van der Waals surface area contributed by atoms with Gasteiger partial charge in [0.2, 0.25) is 5.88 Å². The third-order valence-electron chi connectivity index (χ3n) is 7.90. The summed E-state index contributed by atoms with van der Waals surface area (Å²) in [5.41, 5.74) is 4.47. The minimum Gasteiger partial charge on any atom is -0.481 e. The number of piperidine rings is 1. The summed E-state index contributed by atoms with van der Waals surface area (Å²) in [5.74, 6) is 0.473. The molecule has 3 heterocycles. The van der Waals surface area contributed by atoms with E-state index in [1.807, 2.05) is 61.5 Å². The molecule has 5 rings (SSSR count). The van der Waals surface area contributed by atoms with Gasteiger partial charge >= 0.3 is 6.03 Å². The third kappa shape index (κ3) is 7.29. The van der Waals surface area contributed by atoms with Crippen LogP contribution in [0.25, 0.3) is 5.69 Å². The topological polar surface area (TPSA) is 110 Å². The zero-order valence-electron chi connectivity index (χ0n) is 25.8. The monoisotopic (exact) mass is 614 g/mol. The number of nitrogens with zero attached hydrogens (tertiary/aromatic N) is 3. The molecule has 0 bridgehead atoms. The molecule has 2 aromatic carbocycles. The number of anilines is 2. The predicted octanol–water partition coefficient (Wildman–Crippen LogP) is 7.15. The molecule has 1 fully saturated rings. The van der Waals surface area contributed by atoms with Gasteiger partial charge in [0.15, 0.2) is 5.78 Å². The minimum absolute atomic E-state index is 0.0576. The maximum atomic E-state index is 14.0. The summed E-state index contributed by atoms with van der Waals surface area (Å²) in [5, 5.41) is 14.3. The number of urea groups is 1. The number of Topliss-reactive ketones (excluding diaryl/α,β-unsaturated/α-hetero) is 1. The molecular formula is C34H39ClN6O3. The molecule has 230 valence electrons.